The molecule has 0 aromatic carbocycles. The van der Waals surface area contributed by atoms with Gasteiger partial charge >= 0.3 is 5.97 Å². The Balaban J connectivity index is 4.16. The highest BCUT2D eigenvalue weighted by Gasteiger charge is 2.24. The van der Waals surface area contributed by atoms with Crippen LogP contribution in [-0.2, 0) is 20.3 Å². The number of aliphatic hydroxyl groups is 2. The van der Waals surface area contributed by atoms with Crippen molar-refractivity contribution in [3.05, 3.63) is 0 Å². The van der Waals surface area contributed by atoms with Crippen molar-refractivity contribution >= 4 is 16.8 Å². The molecule has 0 rings (SSSR count). The van der Waals surface area contributed by atoms with Gasteiger partial charge in [-0.05, 0) is 20.3 Å². The molecule has 0 aliphatic heterocycles. The van der Waals surface area contributed by atoms with Gasteiger partial charge in [-0.2, -0.15) is 0 Å². The number of carbonyl (C=O) groups excluding carboxylic acids is 1. The number of carbonyl (C=O) groups is 1. The lowest BCUT2D eigenvalue weighted by molar-refractivity contribution is -0.147. The van der Waals surface area contributed by atoms with Gasteiger partial charge in [0.05, 0.1) is 24.6 Å². The molecule has 0 fully saturated rings. The first kappa shape index (κ1) is 15.5. The summed E-state index contributed by atoms with van der Waals surface area (Å²) in [7, 11) is -1.53. The average Bonchev–Trinajstić information content (AvgIpc) is 2.27. The molecule has 4 atom stereocenters. The standard InChI is InChI=1S/C10H20O5S/c1-4-7(2)15-10(13)8(3)16(14)6-9(12)5-11/h7-9,11-12H,4-6H2,1-3H3. The molecule has 0 aliphatic carbocycles. The predicted molar refractivity (Wildman–Crippen MR) is 61.4 cm³/mol. The lowest BCUT2D eigenvalue weighted by Gasteiger charge is -2.16. The van der Waals surface area contributed by atoms with E-state index in [-0.39, 0.29) is 11.9 Å². The van der Waals surface area contributed by atoms with Crippen LogP contribution >= 0.6 is 0 Å². The summed E-state index contributed by atoms with van der Waals surface area (Å²) in [6.45, 7) is 4.68. The van der Waals surface area contributed by atoms with Gasteiger partial charge in [0.25, 0.3) is 0 Å². The van der Waals surface area contributed by atoms with Crippen LogP contribution in [0.2, 0.25) is 0 Å². The van der Waals surface area contributed by atoms with Crippen molar-refractivity contribution in [2.45, 2.75) is 44.6 Å². The third-order valence-corrected chi connectivity index (χ3v) is 3.88. The van der Waals surface area contributed by atoms with Crippen LogP contribution in [0, 0.1) is 0 Å². The quantitative estimate of drug-likeness (QED) is 0.614. The Morgan fingerprint density at radius 1 is 1.44 bits per heavy atom. The van der Waals surface area contributed by atoms with E-state index in [0.29, 0.717) is 6.42 Å². The summed E-state index contributed by atoms with van der Waals surface area (Å²) in [6, 6.07) is 0. The van der Waals surface area contributed by atoms with Gasteiger partial charge in [0.1, 0.15) is 5.25 Å². The number of hydrogen-bond acceptors (Lipinski definition) is 5. The number of ether oxygens (including phenoxy) is 1. The molecule has 2 N–H and O–H groups in total. The summed E-state index contributed by atoms with van der Waals surface area (Å²) in [6.07, 6.45) is -0.556. The predicted octanol–water partition coefficient (Wildman–Crippen LogP) is -0.182. The molecule has 0 saturated heterocycles. The van der Waals surface area contributed by atoms with E-state index in [1.54, 1.807) is 6.92 Å². The third kappa shape index (κ3) is 5.58. The SMILES string of the molecule is CCC(C)OC(=O)C(C)S(=O)CC(O)CO. The van der Waals surface area contributed by atoms with Gasteiger partial charge in [-0.15, -0.1) is 0 Å². The van der Waals surface area contributed by atoms with Gasteiger partial charge in [0.15, 0.2) is 0 Å². The van der Waals surface area contributed by atoms with Crippen molar-refractivity contribution in [1.29, 1.82) is 0 Å². The van der Waals surface area contributed by atoms with Gasteiger partial charge in [-0.25, -0.2) is 0 Å². The number of esters is 1. The van der Waals surface area contributed by atoms with Gasteiger partial charge in [-0.3, -0.25) is 9.00 Å². The summed E-state index contributed by atoms with van der Waals surface area (Å²) >= 11 is 0. The molecule has 0 spiro atoms. The molecule has 96 valence electrons. The molecule has 5 nitrogen and oxygen atoms in total. The smallest absolute Gasteiger partial charge is 0.321 e. The Labute approximate surface area is 98.3 Å². The van der Waals surface area contributed by atoms with E-state index in [4.69, 9.17) is 14.9 Å². The average molecular weight is 252 g/mol. The van der Waals surface area contributed by atoms with Crippen LogP contribution in [0.4, 0.5) is 0 Å². The van der Waals surface area contributed by atoms with Crippen molar-refractivity contribution in [3.8, 4) is 0 Å². The normalized spacial score (nSPS) is 18.6. The Morgan fingerprint density at radius 2 is 2.00 bits per heavy atom. The molecule has 0 saturated carbocycles. The molecular formula is C10H20O5S. The second-order valence-electron chi connectivity index (χ2n) is 3.68. The van der Waals surface area contributed by atoms with E-state index < -0.39 is 34.7 Å². The van der Waals surface area contributed by atoms with Crippen molar-refractivity contribution in [3.63, 3.8) is 0 Å². The third-order valence-electron chi connectivity index (χ3n) is 2.19. The molecule has 0 radical (unpaired) electrons. The van der Waals surface area contributed by atoms with Crippen LogP contribution < -0.4 is 0 Å². The van der Waals surface area contributed by atoms with Crippen molar-refractivity contribution in [2.24, 2.45) is 0 Å². The fourth-order valence-electron chi connectivity index (χ4n) is 0.871. The second kappa shape index (κ2) is 7.76. The largest absolute Gasteiger partial charge is 0.462 e. The fraction of sp³-hybridized carbons (Fsp3) is 0.900. The zero-order valence-corrected chi connectivity index (χ0v) is 10.7. The Hall–Kier alpha value is -0.460. The highest BCUT2D eigenvalue weighted by atomic mass is 32.2. The number of rotatable bonds is 7. The molecule has 0 heterocycles. The molecule has 16 heavy (non-hydrogen) atoms. The molecular weight excluding hydrogens is 232 g/mol. The van der Waals surface area contributed by atoms with Gasteiger partial charge in [0.2, 0.25) is 0 Å². The van der Waals surface area contributed by atoms with E-state index in [1.165, 1.54) is 6.92 Å². The van der Waals surface area contributed by atoms with Gasteiger partial charge < -0.3 is 14.9 Å². The van der Waals surface area contributed by atoms with Gasteiger partial charge in [0, 0.05) is 10.8 Å². The summed E-state index contributed by atoms with van der Waals surface area (Å²) in [5, 5.41) is 16.9. The van der Waals surface area contributed by atoms with E-state index in [2.05, 4.69) is 0 Å². The highest BCUT2D eigenvalue weighted by Crippen LogP contribution is 2.05. The van der Waals surface area contributed by atoms with Crippen LogP contribution in [-0.4, -0.2) is 50.2 Å². The Morgan fingerprint density at radius 3 is 2.44 bits per heavy atom. The first-order chi connectivity index (χ1) is 7.42. The summed E-state index contributed by atoms with van der Waals surface area (Å²) < 4.78 is 16.6. The van der Waals surface area contributed by atoms with Crippen molar-refractivity contribution in [2.75, 3.05) is 12.4 Å². The first-order valence-corrected chi connectivity index (χ1v) is 6.67. The van der Waals surface area contributed by atoms with Crippen LogP contribution in [0.5, 0.6) is 0 Å². The van der Waals surface area contributed by atoms with E-state index in [0.717, 1.165) is 0 Å². The maximum atomic E-state index is 11.6. The van der Waals surface area contributed by atoms with Crippen molar-refractivity contribution in [1.82, 2.24) is 0 Å². The molecule has 0 aliphatic rings. The summed E-state index contributed by atoms with van der Waals surface area (Å²) in [5.41, 5.74) is 0. The topological polar surface area (TPSA) is 83.8 Å². The number of hydrogen-bond donors (Lipinski definition) is 2. The lowest BCUT2D eigenvalue weighted by Crippen LogP contribution is -2.33. The fourth-order valence-corrected chi connectivity index (χ4v) is 1.91. The molecule has 4 unspecified atom stereocenters. The van der Waals surface area contributed by atoms with E-state index in [9.17, 15) is 9.00 Å². The zero-order valence-electron chi connectivity index (χ0n) is 9.88. The summed E-state index contributed by atoms with van der Waals surface area (Å²) in [4.78, 5) is 11.5. The molecule has 0 aromatic heterocycles. The first-order valence-electron chi connectivity index (χ1n) is 5.28. The van der Waals surface area contributed by atoms with E-state index >= 15 is 0 Å². The Bertz CT molecular complexity index is 219. The second-order valence-corrected chi connectivity index (χ2v) is 5.48. The maximum absolute atomic E-state index is 11.6. The van der Waals surface area contributed by atoms with Gasteiger partial charge in [-0.1, -0.05) is 6.92 Å². The summed E-state index contributed by atoms with van der Waals surface area (Å²) in [5.74, 6) is -0.648. The zero-order chi connectivity index (χ0) is 12.7. The Kier molecular flexibility index (Phi) is 7.53. The van der Waals surface area contributed by atoms with Crippen LogP contribution in [0.1, 0.15) is 27.2 Å². The van der Waals surface area contributed by atoms with Crippen molar-refractivity contribution < 1.29 is 24.0 Å². The minimum Gasteiger partial charge on any atom is -0.462 e. The number of aliphatic hydroxyl groups excluding tert-OH is 2. The lowest BCUT2D eigenvalue weighted by atomic mass is 10.3. The minimum atomic E-state index is -1.53. The van der Waals surface area contributed by atoms with Crippen LogP contribution in [0.25, 0.3) is 0 Å². The highest BCUT2D eigenvalue weighted by molar-refractivity contribution is 7.86. The monoisotopic (exact) mass is 252 g/mol. The van der Waals surface area contributed by atoms with E-state index in [1.807, 2.05) is 6.92 Å². The molecule has 0 aromatic rings. The maximum Gasteiger partial charge on any atom is 0.321 e. The van der Waals surface area contributed by atoms with Crippen LogP contribution in [0.3, 0.4) is 0 Å². The molecule has 6 heteroatoms. The molecule has 0 bridgehead atoms. The minimum absolute atomic E-state index is 0.118. The van der Waals surface area contributed by atoms with Crippen LogP contribution in [0.15, 0.2) is 0 Å². The molecule has 0 amide bonds.